The molecule has 0 saturated carbocycles. The van der Waals surface area contributed by atoms with Crippen LogP contribution in [0.3, 0.4) is 0 Å². The summed E-state index contributed by atoms with van der Waals surface area (Å²) in [5.41, 5.74) is -0.206. The van der Waals surface area contributed by atoms with Gasteiger partial charge in [0.25, 0.3) is 5.56 Å². The van der Waals surface area contributed by atoms with Gasteiger partial charge in [0.15, 0.2) is 4.67 Å². The van der Waals surface area contributed by atoms with Gasteiger partial charge in [0.2, 0.25) is 0 Å². The van der Waals surface area contributed by atoms with Crippen LogP contribution in [0, 0.1) is 0 Å². The Bertz CT molecular complexity index is 535. The summed E-state index contributed by atoms with van der Waals surface area (Å²) in [6.45, 7) is 0.342. The topological polar surface area (TPSA) is 48.0 Å². The molecule has 4 nitrogen and oxygen atoms in total. The van der Waals surface area contributed by atoms with E-state index in [1.54, 1.807) is 12.1 Å². The van der Waals surface area contributed by atoms with E-state index in [0.29, 0.717) is 17.0 Å². The maximum absolute atomic E-state index is 11.4. The highest BCUT2D eigenvalue weighted by Gasteiger charge is 2.03. The van der Waals surface area contributed by atoms with Crippen molar-refractivity contribution < 1.29 is 4.42 Å². The van der Waals surface area contributed by atoms with E-state index in [1.165, 1.54) is 17.0 Å². The monoisotopic (exact) mass is 288 g/mol. The van der Waals surface area contributed by atoms with Gasteiger partial charge < -0.3 is 4.42 Å². The van der Waals surface area contributed by atoms with Crippen molar-refractivity contribution in [2.75, 3.05) is 0 Å². The molecule has 0 saturated heterocycles. The molecule has 78 valence electrons. The van der Waals surface area contributed by atoms with Gasteiger partial charge in [-0.1, -0.05) is 11.6 Å². The van der Waals surface area contributed by atoms with Gasteiger partial charge in [-0.15, -0.1) is 0 Å². The molecule has 0 fully saturated rings. The quantitative estimate of drug-likeness (QED) is 0.797. The Morgan fingerprint density at radius 2 is 2.33 bits per heavy atom. The molecule has 2 heterocycles. The van der Waals surface area contributed by atoms with Gasteiger partial charge in [-0.25, -0.2) is 4.98 Å². The standard InChI is InChI=1S/C9H6BrClN2O2/c10-7-2-1-6(15-7)4-13-5-12-8(11)3-9(13)14/h1-3,5H,4H2. The van der Waals surface area contributed by atoms with Crippen LogP contribution in [-0.4, -0.2) is 9.55 Å². The van der Waals surface area contributed by atoms with Crippen LogP contribution >= 0.6 is 27.5 Å². The van der Waals surface area contributed by atoms with E-state index < -0.39 is 0 Å². The van der Waals surface area contributed by atoms with E-state index in [1.807, 2.05) is 0 Å². The van der Waals surface area contributed by atoms with Crippen LogP contribution in [-0.2, 0) is 6.54 Å². The van der Waals surface area contributed by atoms with Crippen molar-refractivity contribution in [2.24, 2.45) is 0 Å². The van der Waals surface area contributed by atoms with E-state index in [4.69, 9.17) is 16.0 Å². The molecule has 0 atom stereocenters. The highest BCUT2D eigenvalue weighted by atomic mass is 79.9. The first-order chi connectivity index (χ1) is 7.15. The first-order valence-corrected chi connectivity index (χ1v) is 5.28. The van der Waals surface area contributed by atoms with Crippen LogP contribution in [0.5, 0.6) is 0 Å². The molecule has 0 aromatic carbocycles. The molecule has 0 unspecified atom stereocenters. The third kappa shape index (κ3) is 2.49. The van der Waals surface area contributed by atoms with E-state index >= 15 is 0 Å². The summed E-state index contributed by atoms with van der Waals surface area (Å²) in [7, 11) is 0. The Balaban J connectivity index is 2.28. The maximum Gasteiger partial charge on any atom is 0.255 e. The number of furan rings is 1. The highest BCUT2D eigenvalue weighted by molar-refractivity contribution is 9.10. The van der Waals surface area contributed by atoms with Gasteiger partial charge in [-0.3, -0.25) is 9.36 Å². The predicted octanol–water partition coefficient (Wildman–Crippen LogP) is 2.30. The van der Waals surface area contributed by atoms with Gasteiger partial charge in [0.1, 0.15) is 10.9 Å². The summed E-state index contributed by atoms with van der Waals surface area (Å²) in [6, 6.07) is 4.81. The Labute approximate surface area is 98.6 Å². The Morgan fingerprint density at radius 1 is 1.53 bits per heavy atom. The van der Waals surface area contributed by atoms with Crippen LogP contribution in [0.15, 0.2) is 38.4 Å². The van der Waals surface area contributed by atoms with E-state index in [-0.39, 0.29) is 10.7 Å². The van der Waals surface area contributed by atoms with Crippen molar-refractivity contribution in [1.82, 2.24) is 9.55 Å². The second kappa shape index (κ2) is 4.20. The Kier molecular flexibility index (Phi) is 2.93. The maximum atomic E-state index is 11.4. The number of rotatable bonds is 2. The van der Waals surface area contributed by atoms with Crippen molar-refractivity contribution in [2.45, 2.75) is 6.54 Å². The lowest BCUT2D eigenvalue weighted by Gasteiger charge is -2.01. The third-order valence-electron chi connectivity index (χ3n) is 1.80. The number of hydrogen-bond donors (Lipinski definition) is 0. The van der Waals surface area contributed by atoms with Gasteiger partial charge in [0, 0.05) is 6.07 Å². The van der Waals surface area contributed by atoms with E-state index in [0.717, 1.165) is 0 Å². The minimum absolute atomic E-state index is 0.192. The van der Waals surface area contributed by atoms with Crippen LogP contribution < -0.4 is 5.56 Å². The smallest absolute Gasteiger partial charge is 0.255 e. The molecule has 6 heteroatoms. The molecule has 0 radical (unpaired) electrons. The Morgan fingerprint density at radius 3 is 2.93 bits per heavy atom. The summed E-state index contributed by atoms with van der Waals surface area (Å²) in [5, 5.41) is 0.192. The van der Waals surface area contributed by atoms with Crippen molar-refractivity contribution in [1.29, 1.82) is 0 Å². The number of halogens is 2. The molecule has 0 spiro atoms. The summed E-state index contributed by atoms with van der Waals surface area (Å²) in [4.78, 5) is 15.3. The van der Waals surface area contributed by atoms with E-state index in [9.17, 15) is 4.79 Å². The molecule has 0 bridgehead atoms. The largest absolute Gasteiger partial charge is 0.452 e. The van der Waals surface area contributed by atoms with Crippen LogP contribution in [0.2, 0.25) is 5.15 Å². The second-order valence-electron chi connectivity index (χ2n) is 2.88. The lowest BCUT2D eigenvalue weighted by molar-refractivity contribution is 0.469. The predicted molar refractivity (Wildman–Crippen MR) is 59.0 cm³/mol. The van der Waals surface area contributed by atoms with Crippen molar-refractivity contribution in [3.63, 3.8) is 0 Å². The molecule has 0 aliphatic rings. The lowest BCUT2D eigenvalue weighted by Crippen LogP contribution is -2.19. The van der Waals surface area contributed by atoms with Crippen LogP contribution in [0.25, 0.3) is 0 Å². The minimum atomic E-state index is -0.206. The summed E-state index contributed by atoms with van der Waals surface area (Å²) < 4.78 is 7.31. The zero-order chi connectivity index (χ0) is 10.8. The highest BCUT2D eigenvalue weighted by Crippen LogP contribution is 2.14. The third-order valence-corrected chi connectivity index (χ3v) is 2.43. The lowest BCUT2D eigenvalue weighted by atomic mass is 10.4. The Hall–Kier alpha value is -1.07. The van der Waals surface area contributed by atoms with Crippen LogP contribution in [0.4, 0.5) is 0 Å². The molecular weight excluding hydrogens is 283 g/mol. The fraction of sp³-hybridized carbons (Fsp3) is 0.111. The molecule has 0 amide bonds. The van der Waals surface area contributed by atoms with Gasteiger partial charge in [-0.05, 0) is 28.1 Å². The number of aromatic nitrogens is 2. The van der Waals surface area contributed by atoms with Gasteiger partial charge in [-0.2, -0.15) is 0 Å². The molecule has 0 N–H and O–H groups in total. The van der Waals surface area contributed by atoms with Crippen molar-refractivity contribution in [3.8, 4) is 0 Å². The van der Waals surface area contributed by atoms with Crippen LogP contribution in [0.1, 0.15) is 5.76 Å². The average Bonchev–Trinajstić information content (AvgIpc) is 2.56. The summed E-state index contributed by atoms with van der Waals surface area (Å²) >= 11 is 8.75. The van der Waals surface area contributed by atoms with Crippen molar-refractivity contribution >= 4 is 27.5 Å². The molecule has 2 aromatic rings. The second-order valence-corrected chi connectivity index (χ2v) is 4.05. The summed E-state index contributed by atoms with van der Waals surface area (Å²) in [6.07, 6.45) is 1.39. The zero-order valence-corrected chi connectivity index (χ0v) is 9.83. The van der Waals surface area contributed by atoms with E-state index in [2.05, 4.69) is 20.9 Å². The minimum Gasteiger partial charge on any atom is -0.452 e. The van der Waals surface area contributed by atoms with Crippen molar-refractivity contribution in [3.05, 3.63) is 50.5 Å². The first-order valence-electron chi connectivity index (χ1n) is 4.11. The fourth-order valence-corrected chi connectivity index (χ4v) is 1.60. The molecule has 0 aliphatic heterocycles. The fourth-order valence-electron chi connectivity index (χ4n) is 1.13. The molecule has 0 aliphatic carbocycles. The molecular formula is C9H6BrClN2O2. The molecule has 15 heavy (non-hydrogen) atoms. The first kappa shape index (κ1) is 10.4. The number of nitrogens with zero attached hydrogens (tertiary/aromatic N) is 2. The molecule has 2 rings (SSSR count). The van der Waals surface area contributed by atoms with Gasteiger partial charge >= 0.3 is 0 Å². The summed E-state index contributed by atoms with van der Waals surface area (Å²) in [5.74, 6) is 0.674. The molecule has 2 aromatic heterocycles. The number of hydrogen-bond acceptors (Lipinski definition) is 3. The normalized spacial score (nSPS) is 10.5. The average molecular weight is 290 g/mol. The SMILES string of the molecule is O=c1cc(Cl)ncn1Cc1ccc(Br)o1. The zero-order valence-electron chi connectivity index (χ0n) is 7.48. The van der Waals surface area contributed by atoms with Gasteiger partial charge in [0.05, 0.1) is 12.9 Å².